The first-order valence-electron chi connectivity index (χ1n) is 3.85. The van der Waals surface area contributed by atoms with Crippen LogP contribution in [0.25, 0.3) is 0 Å². The van der Waals surface area contributed by atoms with Crippen LogP contribution in [0, 0.1) is 0 Å². The monoisotopic (exact) mass is 200 g/mol. The van der Waals surface area contributed by atoms with Crippen molar-refractivity contribution in [3.05, 3.63) is 29.3 Å². The minimum absolute atomic E-state index is 0.464. The van der Waals surface area contributed by atoms with Crippen molar-refractivity contribution in [1.29, 1.82) is 0 Å². The highest BCUT2D eigenvalue weighted by molar-refractivity contribution is 7.99. The van der Waals surface area contributed by atoms with Gasteiger partial charge in [-0.1, -0.05) is 23.7 Å². The molecule has 0 radical (unpaired) electrons. The van der Waals surface area contributed by atoms with Crippen molar-refractivity contribution in [3.63, 3.8) is 0 Å². The van der Waals surface area contributed by atoms with E-state index in [1.165, 1.54) is 0 Å². The number of benzene rings is 1. The van der Waals surface area contributed by atoms with Gasteiger partial charge in [-0.3, -0.25) is 0 Å². The lowest BCUT2D eigenvalue weighted by molar-refractivity contribution is 0.426. The summed E-state index contributed by atoms with van der Waals surface area (Å²) < 4.78 is 5.11. The van der Waals surface area contributed by atoms with Gasteiger partial charge in [0.25, 0.3) is 0 Å². The second kappa shape index (κ2) is 3.69. The maximum atomic E-state index is 5.97. The Morgan fingerprint density at radius 3 is 2.92 bits per heavy atom. The van der Waals surface area contributed by atoms with Gasteiger partial charge >= 0.3 is 0 Å². The van der Waals surface area contributed by atoms with Gasteiger partial charge in [0.05, 0.1) is 17.7 Å². The lowest BCUT2D eigenvalue weighted by Crippen LogP contribution is -1.88. The molecule has 3 heteroatoms. The number of hydrogen-bond donors (Lipinski definition) is 0. The normalized spacial score (nSPS) is 20.9. The van der Waals surface area contributed by atoms with Gasteiger partial charge in [0.1, 0.15) is 0 Å². The van der Waals surface area contributed by atoms with Crippen LogP contribution in [0.15, 0.2) is 29.2 Å². The molecule has 0 bridgehead atoms. The molecule has 0 amide bonds. The van der Waals surface area contributed by atoms with Crippen molar-refractivity contribution in [3.8, 4) is 0 Å². The molecule has 1 aromatic carbocycles. The maximum Gasteiger partial charge on any atom is 0.0903 e. The van der Waals surface area contributed by atoms with Crippen LogP contribution in [0.2, 0.25) is 5.02 Å². The van der Waals surface area contributed by atoms with E-state index in [0.29, 0.717) is 6.10 Å². The molecular formula is C9H9ClOS. The highest BCUT2D eigenvalue weighted by Crippen LogP contribution is 2.29. The summed E-state index contributed by atoms with van der Waals surface area (Å²) in [5, 5.41) is 0.836. The molecule has 2 rings (SSSR count). The third kappa shape index (κ3) is 2.16. The van der Waals surface area contributed by atoms with E-state index in [1.807, 2.05) is 24.3 Å². The van der Waals surface area contributed by atoms with Crippen LogP contribution in [0.5, 0.6) is 0 Å². The molecule has 1 aliphatic heterocycles. The van der Waals surface area contributed by atoms with Gasteiger partial charge < -0.3 is 4.74 Å². The molecule has 1 aromatic rings. The average molecular weight is 201 g/mol. The van der Waals surface area contributed by atoms with E-state index in [9.17, 15) is 0 Å². The summed E-state index contributed by atoms with van der Waals surface area (Å²) in [6.07, 6.45) is 0.464. The van der Waals surface area contributed by atoms with Crippen LogP contribution in [-0.4, -0.2) is 18.5 Å². The zero-order valence-electron chi connectivity index (χ0n) is 6.50. The van der Waals surface area contributed by atoms with Crippen molar-refractivity contribution < 1.29 is 4.74 Å². The minimum Gasteiger partial charge on any atom is -0.372 e. The van der Waals surface area contributed by atoms with Gasteiger partial charge in [-0.15, -0.1) is 11.8 Å². The first kappa shape index (κ1) is 8.42. The zero-order chi connectivity index (χ0) is 8.39. The number of halogens is 1. The Labute approximate surface area is 81.1 Å². The van der Waals surface area contributed by atoms with E-state index < -0.39 is 0 Å². The van der Waals surface area contributed by atoms with Gasteiger partial charge in [0.2, 0.25) is 0 Å². The molecule has 0 aliphatic carbocycles. The molecule has 1 fully saturated rings. The summed E-state index contributed by atoms with van der Waals surface area (Å²) in [5.41, 5.74) is 0. The predicted octanol–water partition coefficient (Wildman–Crippen LogP) is 2.83. The van der Waals surface area contributed by atoms with E-state index in [2.05, 4.69) is 0 Å². The molecule has 1 saturated heterocycles. The Balaban J connectivity index is 1.96. The Morgan fingerprint density at radius 1 is 1.50 bits per heavy atom. The van der Waals surface area contributed by atoms with Crippen LogP contribution in [0.4, 0.5) is 0 Å². The topological polar surface area (TPSA) is 12.5 Å². The largest absolute Gasteiger partial charge is 0.372 e. The molecule has 1 heterocycles. The number of thioether (sulfide) groups is 1. The van der Waals surface area contributed by atoms with Crippen LogP contribution in [0.3, 0.4) is 0 Å². The molecule has 0 spiro atoms. The Kier molecular flexibility index (Phi) is 2.59. The van der Waals surface area contributed by atoms with Crippen LogP contribution in [0.1, 0.15) is 0 Å². The third-order valence-corrected chi connectivity index (χ3v) is 3.31. The summed E-state index contributed by atoms with van der Waals surface area (Å²) in [6, 6.07) is 7.90. The lowest BCUT2D eigenvalue weighted by Gasteiger charge is -2.00. The average Bonchev–Trinajstić information content (AvgIpc) is 2.86. The molecule has 64 valence electrons. The van der Waals surface area contributed by atoms with Crippen LogP contribution in [-0.2, 0) is 4.74 Å². The maximum absolute atomic E-state index is 5.97. The molecule has 1 aliphatic rings. The fraction of sp³-hybridized carbons (Fsp3) is 0.333. The van der Waals surface area contributed by atoms with Gasteiger partial charge in [0.15, 0.2) is 0 Å². The summed E-state index contributed by atoms with van der Waals surface area (Å²) >= 11 is 7.73. The van der Waals surface area contributed by atoms with Crippen molar-refractivity contribution in [1.82, 2.24) is 0 Å². The minimum atomic E-state index is 0.464. The van der Waals surface area contributed by atoms with E-state index in [4.69, 9.17) is 16.3 Å². The molecule has 0 unspecified atom stereocenters. The molecule has 12 heavy (non-hydrogen) atoms. The predicted molar refractivity (Wildman–Crippen MR) is 51.9 cm³/mol. The van der Waals surface area contributed by atoms with E-state index in [0.717, 1.165) is 22.3 Å². The van der Waals surface area contributed by atoms with Gasteiger partial charge in [-0.25, -0.2) is 0 Å². The lowest BCUT2D eigenvalue weighted by atomic mass is 10.4. The molecule has 0 saturated carbocycles. The quantitative estimate of drug-likeness (QED) is 0.550. The standard InChI is InChI=1S/C9H9ClOS/c10-8-3-1-2-4-9(8)12-6-7-5-11-7/h1-4,7H,5-6H2/t7-/m1/s1. The highest BCUT2D eigenvalue weighted by Gasteiger charge is 2.22. The van der Waals surface area contributed by atoms with E-state index in [1.54, 1.807) is 11.8 Å². The summed E-state index contributed by atoms with van der Waals surface area (Å²) in [5.74, 6) is 1.02. The van der Waals surface area contributed by atoms with E-state index >= 15 is 0 Å². The molecule has 0 aromatic heterocycles. The third-order valence-electron chi connectivity index (χ3n) is 1.66. The number of ether oxygens (including phenoxy) is 1. The zero-order valence-corrected chi connectivity index (χ0v) is 8.07. The molecular weight excluding hydrogens is 192 g/mol. The van der Waals surface area contributed by atoms with Crippen LogP contribution >= 0.6 is 23.4 Å². The Bertz CT molecular complexity index is 273. The Hall–Kier alpha value is -0.180. The van der Waals surface area contributed by atoms with Gasteiger partial charge in [0, 0.05) is 10.6 Å². The first-order valence-corrected chi connectivity index (χ1v) is 5.21. The second-order valence-electron chi connectivity index (χ2n) is 2.70. The van der Waals surface area contributed by atoms with Crippen LogP contribution < -0.4 is 0 Å². The Morgan fingerprint density at radius 2 is 2.25 bits per heavy atom. The highest BCUT2D eigenvalue weighted by atomic mass is 35.5. The number of hydrogen-bond acceptors (Lipinski definition) is 2. The van der Waals surface area contributed by atoms with Gasteiger partial charge in [-0.05, 0) is 12.1 Å². The fourth-order valence-electron chi connectivity index (χ4n) is 0.909. The molecule has 1 atom stereocenters. The smallest absolute Gasteiger partial charge is 0.0903 e. The molecule has 1 nitrogen and oxygen atoms in total. The fourth-order valence-corrected chi connectivity index (χ4v) is 2.15. The van der Waals surface area contributed by atoms with E-state index in [-0.39, 0.29) is 0 Å². The number of epoxide rings is 1. The van der Waals surface area contributed by atoms with Crippen molar-refractivity contribution in [2.24, 2.45) is 0 Å². The summed E-state index contributed by atoms with van der Waals surface area (Å²) in [6.45, 7) is 0.914. The summed E-state index contributed by atoms with van der Waals surface area (Å²) in [7, 11) is 0. The number of rotatable bonds is 3. The van der Waals surface area contributed by atoms with Gasteiger partial charge in [-0.2, -0.15) is 0 Å². The second-order valence-corrected chi connectivity index (χ2v) is 4.17. The molecule has 0 N–H and O–H groups in total. The first-order chi connectivity index (χ1) is 5.86. The SMILES string of the molecule is Clc1ccccc1SC[C@H]1CO1. The summed E-state index contributed by atoms with van der Waals surface area (Å²) in [4.78, 5) is 1.15. The van der Waals surface area contributed by atoms with Crippen molar-refractivity contribution in [2.75, 3.05) is 12.4 Å². The van der Waals surface area contributed by atoms with Crippen molar-refractivity contribution >= 4 is 23.4 Å². The van der Waals surface area contributed by atoms with Crippen molar-refractivity contribution in [2.45, 2.75) is 11.0 Å².